The Morgan fingerprint density at radius 2 is 1.97 bits per heavy atom. The van der Waals surface area contributed by atoms with Gasteiger partial charge in [-0.05, 0) is 54.9 Å². The second-order valence-electron chi connectivity index (χ2n) is 6.60. The van der Waals surface area contributed by atoms with Gasteiger partial charge < -0.3 is 24.4 Å². The molecule has 0 unspecified atom stereocenters. The first-order valence-corrected chi connectivity index (χ1v) is 9.99. The van der Waals surface area contributed by atoms with Crippen LogP contribution in [0, 0.1) is 0 Å². The molecule has 1 N–H and O–H groups in total. The third kappa shape index (κ3) is 6.05. The predicted octanol–water partition coefficient (Wildman–Crippen LogP) is 3.42. The van der Waals surface area contributed by atoms with Gasteiger partial charge in [0.05, 0.1) is 13.7 Å². The van der Waals surface area contributed by atoms with E-state index in [1.54, 1.807) is 12.4 Å². The maximum atomic E-state index is 11.2. The van der Waals surface area contributed by atoms with Crippen molar-refractivity contribution in [3.63, 3.8) is 0 Å². The molecule has 3 rings (SSSR count). The zero-order chi connectivity index (χ0) is 20.5. The molecule has 1 aromatic heterocycles. The molecule has 0 atom stereocenters. The first-order chi connectivity index (χ1) is 14.2. The topological polar surface area (TPSA) is 72.9 Å². The lowest BCUT2D eigenvalue weighted by Gasteiger charge is -2.26. The highest BCUT2D eigenvalue weighted by Gasteiger charge is 2.18. The zero-order valence-electron chi connectivity index (χ0n) is 16.4. The lowest BCUT2D eigenvalue weighted by molar-refractivity contribution is -0.140. The summed E-state index contributed by atoms with van der Waals surface area (Å²) < 4.78 is 15.6. The molecule has 0 amide bonds. The normalized spacial score (nSPS) is 11.8. The van der Waals surface area contributed by atoms with Crippen molar-refractivity contribution in [2.24, 2.45) is 0 Å². The van der Waals surface area contributed by atoms with E-state index in [9.17, 15) is 4.79 Å². The largest absolute Gasteiger partial charge is 0.469 e. The van der Waals surface area contributed by atoms with Crippen LogP contribution in [-0.2, 0) is 16.1 Å². The Hall–Kier alpha value is -2.87. The van der Waals surface area contributed by atoms with Gasteiger partial charge in [0.25, 0.3) is 0 Å². The fraction of sp³-hybridized carbons (Fsp3) is 0.381. The molecule has 0 saturated carbocycles. The summed E-state index contributed by atoms with van der Waals surface area (Å²) in [5.74, 6) is 1.29. The molecule has 29 heavy (non-hydrogen) atoms. The number of fused-ring (bicyclic) bond motifs is 1. The maximum absolute atomic E-state index is 11.2. The van der Waals surface area contributed by atoms with Crippen molar-refractivity contribution in [2.75, 3.05) is 25.3 Å². The number of methoxy groups -OCH3 is 1. The van der Waals surface area contributed by atoms with Crippen LogP contribution in [0.4, 0.5) is 5.69 Å². The number of rotatable bonds is 9. The maximum Gasteiger partial charge on any atom is 0.305 e. The standard InChI is InChI=1S/C21H25N3O4S/c1-26-20(25)5-3-2-4-10-23-21(29)24(14-16-8-11-22-12-9-16)17-6-7-18-19(13-17)28-15-27-18/h6-9,11-13H,2-5,10,14-15H2,1H3,(H,23,29). The Labute approximate surface area is 176 Å². The number of pyridine rings is 1. The Bertz CT molecular complexity index is 832. The Morgan fingerprint density at radius 1 is 1.17 bits per heavy atom. The molecule has 1 aliphatic heterocycles. The Balaban J connectivity index is 1.60. The van der Waals surface area contributed by atoms with Crippen LogP contribution in [0.3, 0.4) is 0 Å². The molecule has 0 saturated heterocycles. The summed E-state index contributed by atoms with van der Waals surface area (Å²) in [7, 11) is 1.41. The summed E-state index contributed by atoms with van der Waals surface area (Å²) in [5.41, 5.74) is 2.02. The van der Waals surface area contributed by atoms with Crippen LogP contribution in [0.1, 0.15) is 31.2 Å². The molecule has 0 spiro atoms. The molecule has 2 heterocycles. The van der Waals surface area contributed by atoms with Crippen LogP contribution in [-0.4, -0.2) is 36.5 Å². The van der Waals surface area contributed by atoms with E-state index in [1.807, 2.05) is 35.2 Å². The molecule has 1 aromatic carbocycles. The quantitative estimate of drug-likeness (QED) is 0.379. The van der Waals surface area contributed by atoms with E-state index >= 15 is 0 Å². The number of thiocarbonyl (C=S) groups is 1. The van der Waals surface area contributed by atoms with Crippen molar-refractivity contribution >= 4 is 29.0 Å². The van der Waals surface area contributed by atoms with Gasteiger partial charge in [0.2, 0.25) is 6.79 Å². The molecule has 8 heteroatoms. The molecule has 0 aliphatic carbocycles. The van der Waals surface area contributed by atoms with Gasteiger partial charge in [-0.25, -0.2) is 0 Å². The molecule has 0 radical (unpaired) electrons. The summed E-state index contributed by atoms with van der Waals surface area (Å²) >= 11 is 5.68. The van der Waals surface area contributed by atoms with E-state index in [2.05, 4.69) is 15.0 Å². The monoisotopic (exact) mass is 415 g/mol. The van der Waals surface area contributed by atoms with E-state index in [0.717, 1.165) is 42.8 Å². The van der Waals surface area contributed by atoms with E-state index in [0.29, 0.717) is 23.8 Å². The highest BCUT2D eigenvalue weighted by Crippen LogP contribution is 2.35. The third-order valence-electron chi connectivity index (χ3n) is 4.56. The molecular formula is C21H25N3O4S. The number of benzene rings is 1. The molecule has 0 fully saturated rings. The van der Waals surface area contributed by atoms with Crippen molar-refractivity contribution in [1.29, 1.82) is 0 Å². The molecule has 2 aromatic rings. The average molecular weight is 416 g/mol. The lowest BCUT2D eigenvalue weighted by atomic mass is 10.2. The number of hydrogen-bond donors (Lipinski definition) is 1. The van der Waals surface area contributed by atoms with Crippen LogP contribution in [0.5, 0.6) is 11.5 Å². The SMILES string of the molecule is COC(=O)CCCCCNC(=S)N(Cc1ccncc1)c1ccc2c(c1)OCO2. The first-order valence-electron chi connectivity index (χ1n) is 9.58. The zero-order valence-corrected chi connectivity index (χ0v) is 17.2. The fourth-order valence-electron chi connectivity index (χ4n) is 2.97. The van der Waals surface area contributed by atoms with E-state index in [1.165, 1.54) is 7.11 Å². The van der Waals surface area contributed by atoms with Crippen LogP contribution >= 0.6 is 12.2 Å². The van der Waals surface area contributed by atoms with Crippen molar-refractivity contribution in [3.8, 4) is 11.5 Å². The van der Waals surface area contributed by atoms with Gasteiger partial charge in [0.15, 0.2) is 16.6 Å². The number of carbonyl (C=O) groups is 1. The van der Waals surface area contributed by atoms with Crippen LogP contribution < -0.4 is 19.7 Å². The van der Waals surface area contributed by atoms with Crippen LogP contribution in [0.2, 0.25) is 0 Å². The number of ether oxygens (including phenoxy) is 3. The molecule has 154 valence electrons. The van der Waals surface area contributed by atoms with Gasteiger partial charge >= 0.3 is 5.97 Å². The average Bonchev–Trinajstić information content (AvgIpc) is 3.22. The van der Waals surface area contributed by atoms with Crippen molar-refractivity contribution in [1.82, 2.24) is 10.3 Å². The van der Waals surface area contributed by atoms with E-state index < -0.39 is 0 Å². The smallest absolute Gasteiger partial charge is 0.305 e. The first kappa shape index (κ1) is 20.9. The summed E-state index contributed by atoms with van der Waals surface area (Å²) in [6.07, 6.45) is 6.65. The third-order valence-corrected chi connectivity index (χ3v) is 4.93. The number of hydrogen-bond acceptors (Lipinski definition) is 6. The van der Waals surface area contributed by atoms with Crippen molar-refractivity contribution in [2.45, 2.75) is 32.2 Å². The number of aromatic nitrogens is 1. The summed E-state index contributed by atoms with van der Waals surface area (Å²) in [6, 6.07) is 9.74. The summed E-state index contributed by atoms with van der Waals surface area (Å²) in [6.45, 7) is 1.57. The number of nitrogens with zero attached hydrogens (tertiary/aromatic N) is 2. The van der Waals surface area contributed by atoms with Gasteiger partial charge in [-0.3, -0.25) is 9.78 Å². The molecule has 0 bridgehead atoms. The number of unbranched alkanes of at least 4 members (excludes halogenated alkanes) is 2. The van der Waals surface area contributed by atoms with E-state index in [-0.39, 0.29) is 12.8 Å². The second-order valence-corrected chi connectivity index (χ2v) is 6.98. The lowest BCUT2D eigenvalue weighted by Crippen LogP contribution is -2.39. The molecular weight excluding hydrogens is 390 g/mol. The van der Waals surface area contributed by atoms with Gasteiger partial charge in [-0.2, -0.15) is 0 Å². The predicted molar refractivity (Wildman–Crippen MR) is 114 cm³/mol. The minimum Gasteiger partial charge on any atom is -0.469 e. The highest BCUT2D eigenvalue weighted by atomic mass is 32.1. The van der Waals surface area contributed by atoms with E-state index in [4.69, 9.17) is 21.7 Å². The van der Waals surface area contributed by atoms with Gasteiger partial charge in [0, 0.05) is 37.1 Å². The fourth-order valence-corrected chi connectivity index (χ4v) is 3.24. The Kier molecular flexibility index (Phi) is 7.63. The minimum absolute atomic E-state index is 0.167. The summed E-state index contributed by atoms with van der Waals surface area (Å²) in [5, 5.41) is 3.96. The number of anilines is 1. The highest BCUT2D eigenvalue weighted by molar-refractivity contribution is 7.80. The number of nitrogens with one attached hydrogen (secondary N) is 1. The van der Waals surface area contributed by atoms with Gasteiger partial charge in [-0.1, -0.05) is 6.42 Å². The van der Waals surface area contributed by atoms with Crippen molar-refractivity contribution in [3.05, 3.63) is 48.3 Å². The summed E-state index contributed by atoms with van der Waals surface area (Å²) in [4.78, 5) is 17.3. The van der Waals surface area contributed by atoms with Crippen LogP contribution in [0.25, 0.3) is 0 Å². The Morgan fingerprint density at radius 3 is 2.76 bits per heavy atom. The number of carbonyl (C=O) groups excluding carboxylic acids is 1. The molecule has 1 aliphatic rings. The van der Waals surface area contributed by atoms with Gasteiger partial charge in [-0.15, -0.1) is 0 Å². The molecule has 7 nitrogen and oxygen atoms in total. The minimum atomic E-state index is -0.167. The van der Waals surface area contributed by atoms with Crippen LogP contribution in [0.15, 0.2) is 42.7 Å². The second kappa shape index (κ2) is 10.6. The van der Waals surface area contributed by atoms with Crippen molar-refractivity contribution < 1.29 is 19.0 Å². The van der Waals surface area contributed by atoms with Gasteiger partial charge in [0.1, 0.15) is 0 Å². The number of esters is 1.